The van der Waals surface area contributed by atoms with Gasteiger partial charge in [-0.1, -0.05) is 0 Å². The highest BCUT2D eigenvalue weighted by Crippen LogP contribution is 2.31. The number of nitrogens with zero attached hydrogens (tertiary/aromatic N) is 3. The van der Waals surface area contributed by atoms with Crippen molar-refractivity contribution in [1.29, 1.82) is 0 Å². The van der Waals surface area contributed by atoms with Gasteiger partial charge in [-0.3, -0.25) is 10.1 Å². The van der Waals surface area contributed by atoms with E-state index >= 15 is 0 Å². The monoisotopic (exact) mass is 482 g/mol. The number of hydrogen-bond acceptors (Lipinski definition) is 7. The minimum atomic E-state index is -0.881. The normalized spacial score (nSPS) is 14.8. The average molecular weight is 483 g/mol. The van der Waals surface area contributed by atoms with E-state index in [4.69, 9.17) is 10.5 Å². The van der Waals surface area contributed by atoms with Crippen molar-refractivity contribution < 1.29 is 23.1 Å². The number of halogens is 2. The maximum absolute atomic E-state index is 14.0. The molecule has 2 aromatic rings. The first-order chi connectivity index (χ1) is 15.7. The van der Waals surface area contributed by atoms with Crippen LogP contribution in [0.25, 0.3) is 0 Å². The number of aromatic nitrogens is 1. The molecule has 1 saturated heterocycles. The summed E-state index contributed by atoms with van der Waals surface area (Å²) < 4.78 is 37.4. The SMILES string of the molecule is Cc1cc(F)c(COc2nsc(NC(=O)NCCCN3CCN(C)CC3)c2C(N)=O)c(F)c1. The number of hydrogen-bond donors (Lipinski definition) is 3. The molecular formula is C21H28F2N6O3S. The summed E-state index contributed by atoms with van der Waals surface area (Å²) >= 11 is 0.793. The second-order valence-electron chi connectivity index (χ2n) is 7.93. The van der Waals surface area contributed by atoms with Gasteiger partial charge in [-0.05, 0) is 56.2 Å². The Balaban J connectivity index is 1.52. The maximum Gasteiger partial charge on any atom is 0.319 e. The minimum Gasteiger partial charge on any atom is -0.471 e. The van der Waals surface area contributed by atoms with Crippen LogP contribution >= 0.6 is 11.5 Å². The molecule has 12 heteroatoms. The summed E-state index contributed by atoms with van der Waals surface area (Å²) in [5.74, 6) is -2.61. The predicted molar refractivity (Wildman–Crippen MR) is 122 cm³/mol. The molecule has 0 aliphatic carbocycles. The first-order valence-corrected chi connectivity index (χ1v) is 11.3. The molecular weight excluding hydrogens is 454 g/mol. The van der Waals surface area contributed by atoms with Gasteiger partial charge in [-0.25, -0.2) is 13.6 Å². The van der Waals surface area contributed by atoms with Crippen LogP contribution in [0.4, 0.5) is 18.6 Å². The molecule has 0 unspecified atom stereocenters. The van der Waals surface area contributed by atoms with Crippen molar-refractivity contribution in [3.63, 3.8) is 0 Å². The summed E-state index contributed by atoms with van der Waals surface area (Å²) in [6.45, 7) is 6.49. The van der Waals surface area contributed by atoms with E-state index < -0.39 is 30.2 Å². The Kier molecular flexibility index (Phi) is 8.53. The van der Waals surface area contributed by atoms with Gasteiger partial charge in [0.25, 0.3) is 5.91 Å². The number of ether oxygens (including phenoxy) is 1. The fourth-order valence-corrected chi connectivity index (χ4v) is 4.14. The van der Waals surface area contributed by atoms with Crippen LogP contribution in [0.3, 0.4) is 0 Å². The molecule has 1 aromatic heterocycles. The zero-order chi connectivity index (χ0) is 24.0. The number of aryl methyl sites for hydroxylation is 1. The van der Waals surface area contributed by atoms with Crippen LogP contribution in [0.5, 0.6) is 5.88 Å². The molecule has 3 rings (SSSR count). The van der Waals surface area contributed by atoms with Gasteiger partial charge >= 0.3 is 6.03 Å². The lowest BCUT2D eigenvalue weighted by molar-refractivity contribution is 0.0996. The Bertz CT molecular complexity index is 971. The van der Waals surface area contributed by atoms with Crippen LogP contribution in [-0.2, 0) is 6.61 Å². The Morgan fingerprint density at radius 3 is 2.52 bits per heavy atom. The Labute approximate surface area is 195 Å². The molecule has 1 aromatic carbocycles. The number of anilines is 1. The lowest BCUT2D eigenvalue weighted by atomic mass is 10.1. The molecule has 0 saturated carbocycles. The lowest BCUT2D eigenvalue weighted by Crippen LogP contribution is -2.45. The third kappa shape index (κ3) is 6.83. The van der Waals surface area contributed by atoms with Crippen molar-refractivity contribution in [1.82, 2.24) is 19.5 Å². The predicted octanol–water partition coefficient (Wildman–Crippen LogP) is 2.17. The lowest BCUT2D eigenvalue weighted by Gasteiger charge is -2.32. The van der Waals surface area contributed by atoms with Gasteiger partial charge in [-0.2, -0.15) is 4.37 Å². The van der Waals surface area contributed by atoms with Gasteiger partial charge in [0.15, 0.2) is 0 Å². The van der Waals surface area contributed by atoms with E-state index in [1.807, 2.05) is 0 Å². The fraction of sp³-hybridized carbons (Fsp3) is 0.476. The van der Waals surface area contributed by atoms with Gasteiger partial charge in [-0.15, -0.1) is 0 Å². The molecule has 4 N–H and O–H groups in total. The zero-order valence-electron chi connectivity index (χ0n) is 18.6. The molecule has 0 bridgehead atoms. The average Bonchev–Trinajstić information content (AvgIpc) is 3.14. The third-order valence-electron chi connectivity index (χ3n) is 5.31. The summed E-state index contributed by atoms with van der Waals surface area (Å²) in [7, 11) is 2.10. The van der Waals surface area contributed by atoms with Crippen LogP contribution in [0.2, 0.25) is 0 Å². The summed E-state index contributed by atoms with van der Waals surface area (Å²) in [4.78, 5) is 28.8. The molecule has 0 atom stereocenters. The van der Waals surface area contributed by atoms with Crippen molar-refractivity contribution in [2.75, 3.05) is 51.6 Å². The van der Waals surface area contributed by atoms with Crippen molar-refractivity contribution in [2.24, 2.45) is 5.73 Å². The second kappa shape index (κ2) is 11.3. The van der Waals surface area contributed by atoms with Crippen molar-refractivity contribution in [2.45, 2.75) is 20.0 Å². The Morgan fingerprint density at radius 2 is 1.88 bits per heavy atom. The van der Waals surface area contributed by atoms with Crippen LogP contribution in [0, 0.1) is 18.6 Å². The van der Waals surface area contributed by atoms with Gasteiger partial charge < -0.3 is 25.6 Å². The highest BCUT2D eigenvalue weighted by molar-refractivity contribution is 7.11. The second-order valence-corrected chi connectivity index (χ2v) is 8.70. The summed E-state index contributed by atoms with van der Waals surface area (Å²) in [6, 6.07) is 1.85. The van der Waals surface area contributed by atoms with Crippen LogP contribution < -0.4 is 21.1 Å². The molecule has 1 aliphatic rings. The van der Waals surface area contributed by atoms with Gasteiger partial charge in [0.05, 0.1) is 5.56 Å². The van der Waals surface area contributed by atoms with Gasteiger partial charge in [0.2, 0.25) is 5.88 Å². The molecule has 1 aliphatic heterocycles. The highest BCUT2D eigenvalue weighted by Gasteiger charge is 2.23. The number of piperazine rings is 1. The standard InChI is InChI=1S/C21H28F2N6O3S/c1-13-10-15(22)14(16(23)11-13)12-32-19-17(18(24)30)20(33-27-19)26-21(31)25-4-3-5-29-8-6-28(2)7-9-29/h10-11H,3-9,12H2,1-2H3,(H2,24,30)(H2,25,26,31). The number of urea groups is 1. The van der Waals surface area contributed by atoms with Crippen molar-refractivity contribution >= 4 is 28.5 Å². The van der Waals surface area contributed by atoms with E-state index in [-0.39, 0.29) is 22.0 Å². The Hall–Kier alpha value is -2.83. The smallest absolute Gasteiger partial charge is 0.319 e. The number of carbonyl (C=O) groups excluding carboxylic acids is 2. The van der Waals surface area contributed by atoms with Crippen LogP contribution in [0.15, 0.2) is 12.1 Å². The molecule has 0 radical (unpaired) electrons. The van der Waals surface area contributed by atoms with Gasteiger partial charge in [0, 0.05) is 32.7 Å². The van der Waals surface area contributed by atoms with Gasteiger partial charge in [0.1, 0.15) is 28.8 Å². The third-order valence-corrected chi connectivity index (χ3v) is 6.05. The van der Waals surface area contributed by atoms with E-state index in [2.05, 4.69) is 31.9 Å². The maximum atomic E-state index is 14.0. The number of primary amides is 1. The molecule has 1 fully saturated rings. The van der Waals surface area contributed by atoms with E-state index in [1.165, 1.54) is 12.1 Å². The fourth-order valence-electron chi connectivity index (χ4n) is 3.41. The van der Waals surface area contributed by atoms with Crippen molar-refractivity contribution in [3.05, 3.63) is 40.5 Å². The van der Waals surface area contributed by atoms with Crippen LogP contribution in [-0.4, -0.2) is 72.4 Å². The summed E-state index contributed by atoms with van der Waals surface area (Å²) in [5.41, 5.74) is 5.40. The van der Waals surface area contributed by atoms with E-state index in [0.717, 1.165) is 50.7 Å². The molecule has 2 heterocycles. The van der Waals surface area contributed by atoms with E-state index in [0.29, 0.717) is 12.1 Å². The molecule has 3 amide bonds. The number of benzene rings is 1. The highest BCUT2D eigenvalue weighted by atomic mass is 32.1. The first-order valence-electron chi connectivity index (χ1n) is 10.6. The van der Waals surface area contributed by atoms with E-state index in [9.17, 15) is 18.4 Å². The largest absolute Gasteiger partial charge is 0.471 e. The number of nitrogens with one attached hydrogen (secondary N) is 2. The van der Waals surface area contributed by atoms with Crippen LogP contribution in [0.1, 0.15) is 27.9 Å². The number of amides is 3. The molecule has 33 heavy (non-hydrogen) atoms. The first kappa shape index (κ1) is 24.8. The summed E-state index contributed by atoms with van der Waals surface area (Å²) in [5, 5.41) is 5.37. The number of nitrogens with two attached hydrogens (primary N) is 1. The Morgan fingerprint density at radius 1 is 1.21 bits per heavy atom. The molecule has 0 spiro atoms. The molecule has 180 valence electrons. The molecule has 9 nitrogen and oxygen atoms in total. The quantitative estimate of drug-likeness (QED) is 0.472. The topological polar surface area (TPSA) is 113 Å². The zero-order valence-corrected chi connectivity index (χ0v) is 19.4. The van der Waals surface area contributed by atoms with Crippen molar-refractivity contribution in [3.8, 4) is 5.88 Å². The minimum absolute atomic E-state index is 0.0962. The number of carbonyl (C=O) groups is 2. The number of rotatable bonds is 9. The number of likely N-dealkylation sites (N-methyl/N-ethyl adjacent to an activating group) is 1. The van der Waals surface area contributed by atoms with E-state index in [1.54, 1.807) is 6.92 Å². The summed E-state index contributed by atoms with van der Waals surface area (Å²) in [6.07, 6.45) is 0.782.